The molecule has 1 atom stereocenters. The molecule has 10 heteroatoms. The standard InChI is InChI=1S/C25H20FN7O2/c1-15(12-27)25(34)32-10-9-16(32)13-33-24-21(23(28)29-14-30-24)22(31-33)19-8-7-18(11-20(19)26)35-17-5-3-2-4-6-17/h2-8,11,14,16H,1,9-10,13H2,(H2,28,29,30). The number of fused-ring (bicyclic) bond motifs is 1. The summed E-state index contributed by atoms with van der Waals surface area (Å²) < 4.78 is 22.6. The van der Waals surface area contributed by atoms with Gasteiger partial charge in [0.1, 0.15) is 46.8 Å². The number of nitriles is 1. The number of anilines is 1. The fourth-order valence-corrected chi connectivity index (χ4v) is 4.04. The van der Waals surface area contributed by atoms with E-state index in [1.807, 2.05) is 18.2 Å². The highest BCUT2D eigenvalue weighted by Gasteiger charge is 2.34. The van der Waals surface area contributed by atoms with E-state index in [4.69, 9.17) is 15.7 Å². The van der Waals surface area contributed by atoms with Crippen LogP contribution in [-0.2, 0) is 11.3 Å². The van der Waals surface area contributed by atoms with Crippen LogP contribution in [0.5, 0.6) is 11.5 Å². The molecule has 35 heavy (non-hydrogen) atoms. The third-order valence-corrected chi connectivity index (χ3v) is 5.91. The van der Waals surface area contributed by atoms with Crippen molar-refractivity contribution in [2.45, 2.75) is 19.0 Å². The molecule has 1 aliphatic rings. The molecule has 1 amide bonds. The molecule has 0 radical (unpaired) electrons. The van der Waals surface area contributed by atoms with Crippen molar-refractivity contribution in [2.75, 3.05) is 12.3 Å². The zero-order valence-electron chi connectivity index (χ0n) is 18.6. The van der Waals surface area contributed by atoms with E-state index >= 15 is 4.39 Å². The molecule has 174 valence electrons. The van der Waals surface area contributed by atoms with Crippen LogP contribution in [0.3, 0.4) is 0 Å². The number of carbonyl (C=O) groups is 1. The van der Waals surface area contributed by atoms with Gasteiger partial charge in [-0.15, -0.1) is 0 Å². The van der Waals surface area contributed by atoms with Gasteiger partial charge in [0.15, 0.2) is 5.65 Å². The Labute approximate surface area is 199 Å². The summed E-state index contributed by atoms with van der Waals surface area (Å²) in [4.78, 5) is 22.3. The summed E-state index contributed by atoms with van der Waals surface area (Å²) in [6.45, 7) is 4.32. The van der Waals surface area contributed by atoms with Crippen molar-refractivity contribution in [3.8, 4) is 28.8 Å². The van der Waals surface area contributed by atoms with Crippen molar-refractivity contribution in [3.05, 3.63) is 72.8 Å². The van der Waals surface area contributed by atoms with E-state index in [2.05, 4.69) is 21.6 Å². The van der Waals surface area contributed by atoms with Crippen molar-refractivity contribution in [1.29, 1.82) is 5.26 Å². The average molecular weight is 469 g/mol. The molecule has 2 aromatic heterocycles. The molecule has 4 aromatic rings. The number of nitrogen functional groups attached to an aromatic ring is 1. The topological polar surface area (TPSA) is 123 Å². The second-order valence-corrected chi connectivity index (χ2v) is 8.08. The van der Waals surface area contributed by atoms with E-state index in [-0.39, 0.29) is 23.0 Å². The van der Waals surface area contributed by atoms with E-state index in [0.29, 0.717) is 41.3 Å². The normalized spacial score (nSPS) is 14.9. The molecule has 1 unspecified atom stereocenters. The van der Waals surface area contributed by atoms with E-state index < -0.39 is 11.7 Å². The Kier molecular flexibility index (Phi) is 5.58. The van der Waals surface area contributed by atoms with Gasteiger partial charge >= 0.3 is 0 Å². The first-order chi connectivity index (χ1) is 17.0. The first kappa shape index (κ1) is 22.0. The lowest BCUT2D eigenvalue weighted by Gasteiger charge is -2.40. The molecule has 9 nitrogen and oxygen atoms in total. The summed E-state index contributed by atoms with van der Waals surface area (Å²) in [5.41, 5.74) is 6.95. The zero-order chi connectivity index (χ0) is 24.5. The van der Waals surface area contributed by atoms with Crippen LogP contribution in [0.2, 0.25) is 0 Å². The van der Waals surface area contributed by atoms with E-state index in [1.165, 1.54) is 12.4 Å². The molecule has 1 fully saturated rings. The quantitative estimate of drug-likeness (QED) is 0.337. The molecule has 0 saturated carbocycles. The monoisotopic (exact) mass is 469 g/mol. The number of hydrogen-bond donors (Lipinski definition) is 1. The van der Waals surface area contributed by atoms with Crippen LogP contribution in [0.25, 0.3) is 22.3 Å². The molecule has 3 heterocycles. The van der Waals surface area contributed by atoms with Gasteiger partial charge in [-0.25, -0.2) is 19.0 Å². The predicted octanol–water partition coefficient (Wildman–Crippen LogP) is 3.69. The molecular formula is C25H20FN7O2. The Morgan fingerprint density at radius 1 is 1.23 bits per heavy atom. The minimum absolute atomic E-state index is 0.118. The zero-order valence-corrected chi connectivity index (χ0v) is 18.6. The number of amides is 1. The van der Waals surface area contributed by atoms with Crippen molar-refractivity contribution >= 4 is 22.8 Å². The molecular weight excluding hydrogens is 449 g/mol. The smallest absolute Gasteiger partial charge is 0.264 e. The number of ether oxygens (including phenoxy) is 1. The molecule has 5 rings (SSSR count). The molecule has 2 aromatic carbocycles. The van der Waals surface area contributed by atoms with Gasteiger partial charge in [-0.2, -0.15) is 10.4 Å². The predicted molar refractivity (Wildman–Crippen MR) is 127 cm³/mol. The summed E-state index contributed by atoms with van der Waals surface area (Å²) in [5, 5.41) is 14.0. The molecule has 1 aliphatic heterocycles. The number of nitrogens with zero attached hydrogens (tertiary/aromatic N) is 6. The van der Waals surface area contributed by atoms with Crippen LogP contribution in [0.15, 0.2) is 67.0 Å². The summed E-state index contributed by atoms with van der Waals surface area (Å²) in [5.74, 6) is 0.144. The minimum atomic E-state index is -0.543. The number of para-hydroxylation sites is 1. The van der Waals surface area contributed by atoms with Gasteiger partial charge in [-0.1, -0.05) is 24.8 Å². The number of rotatable bonds is 6. The van der Waals surface area contributed by atoms with Crippen molar-refractivity contribution in [2.24, 2.45) is 0 Å². The molecule has 0 bridgehead atoms. The first-order valence-corrected chi connectivity index (χ1v) is 10.9. The third-order valence-electron chi connectivity index (χ3n) is 5.91. The highest BCUT2D eigenvalue weighted by Crippen LogP contribution is 2.35. The number of nitrogens with two attached hydrogens (primary N) is 1. The summed E-state index contributed by atoms with van der Waals surface area (Å²) in [6, 6.07) is 15.2. The lowest BCUT2D eigenvalue weighted by atomic mass is 10.0. The van der Waals surface area contributed by atoms with Crippen molar-refractivity contribution < 1.29 is 13.9 Å². The summed E-state index contributed by atoms with van der Waals surface area (Å²) >= 11 is 0. The fraction of sp³-hybridized carbons (Fsp3) is 0.160. The molecule has 0 spiro atoms. The number of aromatic nitrogens is 4. The van der Waals surface area contributed by atoms with Crippen LogP contribution < -0.4 is 10.5 Å². The van der Waals surface area contributed by atoms with Gasteiger partial charge in [0.2, 0.25) is 0 Å². The molecule has 0 aliphatic carbocycles. The van der Waals surface area contributed by atoms with E-state index in [1.54, 1.807) is 39.9 Å². The SMILES string of the molecule is C=C(C#N)C(=O)N1CCC1Cn1nc(-c2ccc(Oc3ccccc3)cc2F)c2c(N)ncnc21. The number of carbonyl (C=O) groups excluding carboxylic acids is 1. The van der Waals surface area contributed by atoms with Gasteiger partial charge in [-0.05, 0) is 30.7 Å². The maximum Gasteiger partial charge on any atom is 0.264 e. The third kappa shape index (κ3) is 4.04. The maximum atomic E-state index is 15.2. The number of hydrogen-bond acceptors (Lipinski definition) is 7. The Balaban J connectivity index is 1.48. The summed E-state index contributed by atoms with van der Waals surface area (Å²) in [6.07, 6.45) is 2.04. The second kappa shape index (κ2) is 8.87. The van der Waals surface area contributed by atoms with Gasteiger partial charge in [0.05, 0.1) is 18.0 Å². The number of benzene rings is 2. The first-order valence-electron chi connectivity index (χ1n) is 10.9. The highest BCUT2D eigenvalue weighted by molar-refractivity contribution is 5.99. The second-order valence-electron chi connectivity index (χ2n) is 8.08. The van der Waals surface area contributed by atoms with Crippen molar-refractivity contribution in [1.82, 2.24) is 24.6 Å². The lowest BCUT2D eigenvalue weighted by Crippen LogP contribution is -2.53. The van der Waals surface area contributed by atoms with Gasteiger partial charge < -0.3 is 15.4 Å². The highest BCUT2D eigenvalue weighted by atomic mass is 19.1. The minimum Gasteiger partial charge on any atom is -0.457 e. The van der Waals surface area contributed by atoms with Crippen LogP contribution in [0.4, 0.5) is 10.2 Å². The van der Waals surface area contributed by atoms with Gasteiger partial charge in [0.25, 0.3) is 5.91 Å². The molecule has 2 N–H and O–H groups in total. The lowest BCUT2D eigenvalue weighted by molar-refractivity contribution is -0.134. The number of halogens is 1. The Hall–Kier alpha value is -4.78. The van der Waals surface area contributed by atoms with Gasteiger partial charge in [-0.3, -0.25) is 4.79 Å². The Morgan fingerprint density at radius 2 is 2.03 bits per heavy atom. The van der Waals surface area contributed by atoms with E-state index in [0.717, 1.165) is 6.42 Å². The largest absolute Gasteiger partial charge is 0.457 e. The Bertz CT molecular complexity index is 1490. The number of likely N-dealkylation sites (tertiary alicyclic amines) is 1. The van der Waals surface area contributed by atoms with Crippen LogP contribution >= 0.6 is 0 Å². The van der Waals surface area contributed by atoms with Crippen LogP contribution in [0.1, 0.15) is 6.42 Å². The summed E-state index contributed by atoms with van der Waals surface area (Å²) in [7, 11) is 0. The maximum absolute atomic E-state index is 15.2. The average Bonchev–Trinajstić information content (AvgIpc) is 3.21. The van der Waals surface area contributed by atoms with E-state index in [9.17, 15) is 4.79 Å². The molecule has 1 saturated heterocycles. The Morgan fingerprint density at radius 3 is 2.71 bits per heavy atom. The van der Waals surface area contributed by atoms with Gasteiger partial charge in [0, 0.05) is 18.2 Å². The van der Waals surface area contributed by atoms with Crippen molar-refractivity contribution in [3.63, 3.8) is 0 Å². The van der Waals surface area contributed by atoms with Crippen LogP contribution in [-0.4, -0.2) is 43.1 Å². The van der Waals surface area contributed by atoms with Crippen LogP contribution in [0, 0.1) is 17.1 Å². The fourth-order valence-electron chi connectivity index (χ4n) is 4.04.